The van der Waals surface area contributed by atoms with Gasteiger partial charge in [0.1, 0.15) is 208 Å². The topological polar surface area (TPSA) is 927 Å². The van der Waals surface area contributed by atoms with Crippen molar-refractivity contribution < 1.29 is 272 Å². The molecule has 11 fully saturated rings. The molecule has 134 heavy (non-hydrogen) atoms. The van der Waals surface area contributed by atoms with Gasteiger partial charge in [-0.25, -0.2) is 9.59 Å². The van der Waals surface area contributed by atoms with Crippen molar-refractivity contribution in [2.24, 2.45) is 35.1 Å². The largest absolute Gasteiger partial charge is 0.477 e. The maximum Gasteiger partial charge on any atom is 0.364 e. The van der Waals surface area contributed by atoms with Crippen LogP contribution in [0, 0.1) is 23.7 Å². The van der Waals surface area contributed by atoms with E-state index in [-0.39, 0.29) is 0 Å². The third-order valence-corrected chi connectivity index (χ3v) is 26.8. The van der Waals surface area contributed by atoms with Crippen LogP contribution in [0.2, 0.25) is 0 Å². The second kappa shape index (κ2) is 47.1. The Labute approximate surface area is 761 Å². The predicted octanol–water partition coefficient (Wildman–Crippen LogP) is -20.5. The number of aliphatic carboxylic acids is 2. The van der Waals surface area contributed by atoms with E-state index in [9.17, 15) is 173 Å². The van der Waals surface area contributed by atoms with Crippen LogP contribution in [0.3, 0.4) is 0 Å². The highest BCUT2D eigenvalue weighted by Crippen LogP contribution is 2.44. The zero-order chi connectivity index (χ0) is 99.0. The number of carboxylic acids is 2. The first kappa shape index (κ1) is 111. The van der Waals surface area contributed by atoms with E-state index in [1.807, 2.05) is 0 Å². The summed E-state index contributed by atoms with van der Waals surface area (Å²) < 4.78 is 125. The normalized spacial score (nSPS) is 50.9. The zero-order valence-electron chi connectivity index (χ0n) is 72.8. The molecule has 0 amide bonds. The molecule has 25 unspecified atom stereocenters. The van der Waals surface area contributed by atoms with E-state index in [2.05, 4.69) is 0 Å². The number of aliphatic hydroxyl groups is 30. The Morgan fingerprint density at radius 3 is 0.940 bits per heavy atom. The lowest BCUT2D eigenvalue weighted by Gasteiger charge is -2.51. The molecule has 780 valence electrons. The third kappa shape index (κ3) is 23.1. The minimum absolute atomic E-state index is 0.584. The summed E-state index contributed by atoms with van der Waals surface area (Å²) in [6.07, 6.45) is -98.7. The Balaban J connectivity index is 0.829. The zero-order valence-corrected chi connectivity index (χ0v) is 72.8. The molecule has 11 aliphatic heterocycles. The molecule has 0 radical (unpaired) electrons. The van der Waals surface area contributed by atoms with Crippen molar-refractivity contribution in [3.63, 3.8) is 0 Å². The molecule has 0 aromatic carbocycles. The van der Waals surface area contributed by atoms with Crippen molar-refractivity contribution in [1.82, 2.24) is 0 Å². The van der Waals surface area contributed by atoms with Crippen molar-refractivity contribution >= 4 is 11.9 Å². The minimum atomic E-state index is -2.97. The van der Waals surface area contributed by atoms with Gasteiger partial charge in [-0.1, -0.05) is 27.7 Å². The average molecular weight is 1970 g/mol. The predicted molar refractivity (Wildman–Crippen MR) is 417 cm³/mol. The van der Waals surface area contributed by atoms with Crippen LogP contribution >= 0.6 is 0 Å². The second-order valence-corrected chi connectivity index (χ2v) is 35.7. The molecule has 11 heterocycles. The van der Waals surface area contributed by atoms with E-state index in [0.29, 0.717) is 0 Å². The first-order chi connectivity index (χ1) is 63.2. The van der Waals surface area contributed by atoms with E-state index in [1.54, 1.807) is 13.8 Å². The number of ether oxygens (including phenoxy) is 21. The van der Waals surface area contributed by atoms with Crippen LogP contribution in [0.4, 0.5) is 0 Å². The maximum atomic E-state index is 12.8. The SMILES string of the molecule is CC1C(O)[C@H](O[C@@H]2OC(CO[C@H]3OC(CO)[C@@H](O)C(O)C3O[C@@H]3O[C@@H](CO)[C@@H](O[C@@H]4OC(CO[C@]5(C(=O)O)C[C@@H](O)[C@@H](N)C([C@H](O)C(O)CO)O5)[C@H](O)C(O)[C@@H]4O)C(O)C3C)[C@@H](O)C(O[C@H]3O[C@H](CO)[C@@H](O)C(O)C3O[C@@H]3OC(CO)[C@@H](O[C@@H]4OC(CO[C@]5(C(=O)O)C[C@@H](O)[C@@H](N)C([C@H](O)C(O)CO)O5)C(O)[C@@H](O)[C@@H]4O)C(O)[C@@H]3C)C2O)C(CO)O[C@H]1O[C@@H]1C(CO)O[C@@H](C)C(C)[C@H]1O. The summed E-state index contributed by atoms with van der Waals surface area (Å²) in [5.41, 5.74) is 11.9. The smallest absolute Gasteiger partial charge is 0.364 e. The summed E-state index contributed by atoms with van der Waals surface area (Å²) in [7, 11) is 0. The standard InChI is InChI=1S/C77H132N2O55/c1-19-23(5)117-30(12-84)57(39(19)92)126-66-20(2)40(93)60(33(15-87)120-66)129-71-56(109)63(130-73-65(53(106)46(99)29(11-83)119-73)132-68-22(4)42(95)59(32(14-86)122-68)128-70-55(108)51(104)48(101)36(125-70)18-116-77(75(112)113)7-25(89)38(79)62(134-77)44(97)27(91)9-81)49(102)34(123-71)16-114-72-64(52(105)45(98)28(10-82)118-72)131-67-21(3)41(94)58(31(13-85)121-67)127-69-54(107)50(103)47(100)35(124-69)17-115-76(74(110)111)6-24(88)37(78)61(133-76)43(96)26(90)8-80/h19-73,80-109H,6-18,78-79H2,1-5H3,(H,110,111)(H,112,113)/t19?,20?,21?,22-,23-,24+,25+,26?,27?,28?,29+,30?,31-,32?,33?,34?,35?,36?,37+,38+,39+,40?,41?,42?,43+,44+,45+,46+,47-,48?,49+,50?,51+,52?,53?,54-,55-,56?,57+,58+,59+,60+,61?,62?,63?,64?,65?,66-,67-,68-,69-,70-,71-,72-,73+,76+,77+/m0/s1. The molecule has 0 aliphatic carbocycles. The lowest BCUT2D eigenvalue weighted by Crippen LogP contribution is -2.68. The Morgan fingerprint density at radius 2 is 0.590 bits per heavy atom. The fraction of sp³-hybridized carbons (Fsp3) is 0.974. The summed E-state index contributed by atoms with van der Waals surface area (Å²) in [5, 5.41) is 354. The molecule has 0 spiro atoms. The molecular weight excluding hydrogens is 1830 g/mol. The lowest BCUT2D eigenvalue weighted by molar-refractivity contribution is -0.402. The molecule has 57 atom stereocenters. The van der Waals surface area contributed by atoms with Gasteiger partial charge in [-0.3, -0.25) is 0 Å². The molecule has 0 aromatic rings. The molecule has 36 N–H and O–H groups in total. The van der Waals surface area contributed by atoms with Crippen LogP contribution in [0.1, 0.15) is 47.5 Å². The number of carbonyl (C=O) groups is 2. The summed E-state index contributed by atoms with van der Waals surface area (Å²) >= 11 is 0. The van der Waals surface area contributed by atoms with Gasteiger partial charge in [-0.15, -0.1) is 0 Å². The summed E-state index contributed by atoms with van der Waals surface area (Å²) in [6.45, 7) is -4.65. The fourth-order valence-electron chi connectivity index (χ4n) is 18.0. The van der Waals surface area contributed by atoms with Crippen LogP contribution < -0.4 is 11.5 Å². The van der Waals surface area contributed by atoms with Gasteiger partial charge < -0.3 is 274 Å². The Hall–Kier alpha value is -3.18. The number of carboxylic acid groups (broad SMARTS) is 2. The van der Waals surface area contributed by atoms with Gasteiger partial charge in [-0.05, 0) is 6.92 Å². The average Bonchev–Trinajstić information content (AvgIpc) is 0.784. The van der Waals surface area contributed by atoms with Gasteiger partial charge in [0, 0.05) is 36.5 Å². The van der Waals surface area contributed by atoms with Gasteiger partial charge in [0.25, 0.3) is 11.6 Å². The molecule has 11 aliphatic rings. The van der Waals surface area contributed by atoms with Gasteiger partial charge >= 0.3 is 11.9 Å². The van der Waals surface area contributed by atoms with Crippen molar-refractivity contribution in [3.05, 3.63) is 0 Å². The van der Waals surface area contributed by atoms with Crippen LogP contribution in [-0.2, 0) is 109 Å². The number of hydrogen-bond acceptors (Lipinski definition) is 55. The number of rotatable bonds is 37. The van der Waals surface area contributed by atoms with Gasteiger partial charge in [0.05, 0.1) is 127 Å². The highest BCUT2D eigenvalue weighted by molar-refractivity contribution is 5.76. The first-order valence-corrected chi connectivity index (χ1v) is 43.7. The third-order valence-electron chi connectivity index (χ3n) is 26.8. The second-order valence-electron chi connectivity index (χ2n) is 35.7. The molecule has 11 saturated heterocycles. The van der Waals surface area contributed by atoms with Crippen molar-refractivity contribution in [2.75, 3.05) is 72.7 Å². The molecule has 0 saturated carbocycles. The van der Waals surface area contributed by atoms with Crippen molar-refractivity contribution in [3.8, 4) is 0 Å². The molecule has 57 nitrogen and oxygen atoms in total. The summed E-state index contributed by atoms with van der Waals surface area (Å²) in [5.74, 6) is -14.7. The minimum Gasteiger partial charge on any atom is -0.477 e. The molecule has 57 heteroatoms. The van der Waals surface area contributed by atoms with E-state index >= 15 is 0 Å². The first-order valence-electron chi connectivity index (χ1n) is 43.7. The van der Waals surface area contributed by atoms with E-state index in [0.717, 1.165) is 0 Å². The monoisotopic (exact) mass is 1960 g/mol. The number of nitrogens with two attached hydrogens (primary N) is 2. The molecular formula is C77H132N2O55. The van der Waals surface area contributed by atoms with Gasteiger partial charge in [0.15, 0.2) is 50.3 Å². The van der Waals surface area contributed by atoms with Crippen LogP contribution in [0.15, 0.2) is 0 Å². The van der Waals surface area contributed by atoms with Gasteiger partial charge in [0.2, 0.25) is 0 Å². The molecule has 0 aromatic heterocycles. The van der Waals surface area contributed by atoms with E-state index < -0.39 is 445 Å². The van der Waals surface area contributed by atoms with Crippen LogP contribution in [0.25, 0.3) is 0 Å². The van der Waals surface area contributed by atoms with Crippen molar-refractivity contribution in [1.29, 1.82) is 0 Å². The Morgan fingerprint density at radius 1 is 0.306 bits per heavy atom. The highest BCUT2D eigenvalue weighted by Gasteiger charge is 2.63. The van der Waals surface area contributed by atoms with E-state index in [4.69, 9.17) is 111 Å². The summed E-state index contributed by atoms with van der Waals surface area (Å²) in [4.78, 5) is 25.7. The summed E-state index contributed by atoms with van der Waals surface area (Å²) in [6, 6.07) is -3.17. The Bertz CT molecular complexity index is 3610. The van der Waals surface area contributed by atoms with Crippen LogP contribution in [0.5, 0.6) is 0 Å². The van der Waals surface area contributed by atoms with E-state index in [1.165, 1.54) is 20.8 Å². The number of hydrogen-bond donors (Lipinski definition) is 34. The van der Waals surface area contributed by atoms with Gasteiger partial charge in [-0.2, -0.15) is 0 Å². The maximum absolute atomic E-state index is 12.8. The fourth-order valence-corrected chi connectivity index (χ4v) is 18.0. The Kier molecular flexibility index (Phi) is 39.1. The molecule has 0 bridgehead atoms. The van der Waals surface area contributed by atoms with Crippen molar-refractivity contribution in [2.45, 2.75) is 372 Å². The quantitative estimate of drug-likeness (QED) is 0.0275. The lowest BCUT2D eigenvalue weighted by atomic mass is 9.88. The molecule has 11 rings (SSSR count). The van der Waals surface area contributed by atoms with Crippen LogP contribution in [-0.4, -0.2) is 572 Å². The number of aliphatic hydroxyl groups excluding tert-OH is 30. The highest BCUT2D eigenvalue weighted by atomic mass is 16.8.